The largest absolute Gasteiger partial charge is 0.335 e. The van der Waals surface area contributed by atoms with Crippen LogP contribution in [-0.4, -0.2) is 39.3 Å². The second kappa shape index (κ2) is 7.08. The van der Waals surface area contributed by atoms with Crippen molar-refractivity contribution >= 4 is 23.5 Å². The number of aromatic nitrogens is 2. The fourth-order valence-corrected chi connectivity index (χ4v) is 3.72. The molecule has 3 rings (SSSR count). The Labute approximate surface area is 141 Å². The number of anilines is 1. The maximum Gasteiger partial charge on any atom is 0.322 e. The molecule has 1 atom stereocenters. The second-order valence-corrected chi connectivity index (χ2v) is 6.66. The van der Waals surface area contributed by atoms with E-state index in [4.69, 9.17) is 0 Å². The molecule has 1 fully saturated rings. The minimum absolute atomic E-state index is 0.00558. The lowest BCUT2D eigenvalue weighted by molar-refractivity contribution is 0.201. The number of carbonyl (C=O) groups is 1. The van der Waals surface area contributed by atoms with Crippen LogP contribution < -0.4 is 5.32 Å². The van der Waals surface area contributed by atoms with E-state index in [0.29, 0.717) is 0 Å². The molecule has 1 aromatic heterocycles. The van der Waals surface area contributed by atoms with E-state index < -0.39 is 0 Å². The average molecular weight is 330 g/mol. The van der Waals surface area contributed by atoms with Crippen LogP contribution in [0.2, 0.25) is 0 Å². The lowest BCUT2D eigenvalue weighted by atomic mass is 10.2. The van der Waals surface area contributed by atoms with Gasteiger partial charge >= 0.3 is 6.03 Å². The van der Waals surface area contributed by atoms with Gasteiger partial charge in [-0.05, 0) is 43.7 Å². The predicted molar refractivity (Wildman–Crippen MR) is 93.9 cm³/mol. The number of benzene rings is 1. The molecule has 1 aliphatic rings. The highest BCUT2D eigenvalue weighted by Crippen LogP contribution is 2.27. The third-order valence-corrected chi connectivity index (χ3v) is 5.25. The van der Waals surface area contributed by atoms with E-state index in [0.717, 1.165) is 37.2 Å². The van der Waals surface area contributed by atoms with E-state index in [9.17, 15) is 4.79 Å². The van der Waals surface area contributed by atoms with Crippen molar-refractivity contribution in [2.24, 2.45) is 0 Å². The number of hydrogen-bond donors (Lipinski definition) is 1. The van der Waals surface area contributed by atoms with Crippen LogP contribution in [0.3, 0.4) is 0 Å². The van der Waals surface area contributed by atoms with E-state index in [1.54, 1.807) is 24.3 Å². The highest BCUT2D eigenvalue weighted by atomic mass is 32.2. The first kappa shape index (κ1) is 15.9. The van der Waals surface area contributed by atoms with Gasteiger partial charge in [-0.15, -0.1) is 11.8 Å². The molecule has 1 saturated heterocycles. The number of hydrogen-bond acceptors (Lipinski definition) is 3. The normalized spacial score (nSPS) is 17.5. The molecule has 122 valence electrons. The van der Waals surface area contributed by atoms with Crippen molar-refractivity contribution in [1.29, 1.82) is 0 Å². The van der Waals surface area contributed by atoms with Crippen LogP contribution in [0.25, 0.3) is 0 Å². The SMILES string of the molecule is CSc1cccc(NC(=O)N2CCC[C@H]2Cn2ccnc2)c1C. The molecular formula is C17H22N4OS. The fourth-order valence-electron chi connectivity index (χ4n) is 3.09. The van der Waals surface area contributed by atoms with Crippen molar-refractivity contribution < 1.29 is 4.79 Å². The number of nitrogens with one attached hydrogen (secondary N) is 1. The molecule has 0 bridgehead atoms. The Balaban J connectivity index is 1.70. The summed E-state index contributed by atoms with van der Waals surface area (Å²) in [6, 6.07) is 6.25. The Kier molecular flexibility index (Phi) is 4.91. The van der Waals surface area contributed by atoms with Crippen LogP contribution in [0.4, 0.5) is 10.5 Å². The van der Waals surface area contributed by atoms with Gasteiger partial charge in [0.2, 0.25) is 0 Å². The topological polar surface area (TPSA) is 50.2 Å². The van der Waals surface area contributed by atoms with Gasteiger partial charge in [0.25, 0.3) is 0 Å². The number of urea groups is 1. The lowest BCUT2D eigenvalue weighted by Gasteiger charge is -2.26. The third-order valence-electron chi connectivity index (χ3n) is 4.36. The zero-order valence-corrected chi connectivity index (χ0v) is 14.3. The van der Waals surface area contributed by atoms with Crippen molar-refractivity contribution in [1.82, 2.24) is 14.5 Å². The van der Waals surface area contributed by atoms with Crippen LogP contribution in [0.5, 0.6) is 0 Å². The maximum absolute atomic E-state index is 12.7. The molecule has 6 heteroatoms. The van der Waals surface area contributed by atoms with Gasteiger partial charge in [-0.2, -0.15) is 0 Å². The van der Waals surface area contributed by atoms with Gasteiger partial charge in [0.15, 0.2) is 0 Å². The minimum atomic E-state index is -0.00558. The Morgan fingerprint density at radius 3 is 3.09 bits per heavy atom. The number of nitrogens with zero attached hydrogens (tertiary/aromatic N) is 3. The van der Waals surface area contributed by atoms with E-state index in [1.165, 1.54) is 4.90 Å². The summed E-state index contributed by atoms with van der Waals surface area (Å²) in [5.74, 6) is 0. The number of amides is 2. The van der Waals surface area contributed by atoms with Crippen LogP contribution >= 0.6 is 11.8 Å². The summed E-state index contributed by atoms with van der Waals surface area (Å²) in [6.45, 7) is 3.66. The van der Waals surface area contributed by atoms with Crippen LogP contribution in [-0.2, 0) is 6.54 Å². The monoisotopic (exact) mass is 330 g/mol. The van der Waals surface area contributed by atoms with Crippen molar-refractivity contribution in [3.8, 4) is 0 Å². The second-order valence-electron chi connectivity index (χ2n) is 5.81. The van der Waals surface area contributed by atoms with Gasteiger partial charge in [0.05, 0.1) is 12.4 Å². The Hall–Kier alpha value is -1.95. The number of imidazole rings is 1. The molecule has 23 heavy (non-hydrogen) atoms. The van der Waals surface area contributed by atoms with Gasteiger partial charge in [-0.3, -0.25) is 0 Å². The first-order chi connectivity index (χ1) is 11.2. The van der Waals surface area contributed by atoms with Crippen molar-refractivity contribution in [3.63, 3.8) is 0 Å². The van der Waals surface area contributed by atoms with Crippen molar-refractivity contribution in [3.05, 3.63) is 42.5 Å². The van der Waals surface area contributed by atoms with Gasteiger partial charge in [0, 0.05) is 36.1 Å². The van der Waals surface area contributed by atoms with Gasteiger partial charge in [0.1, 0.15) is 0 Å². The van der Waals surface area contributed by atoms with E-state index >= 15 is 0 Å². The standard InChI is InChI=1S/C17H22N4OS/c1-13-15(6-3-7-16(13)23-2)19-17(22)21-9-4-5-14(21)11-20-10-8-18-12-20/h3,6-8,10,12,14H,4-5,9,11H2,1-2H3,(H,19,22)/t14-/m0/s1. The van der Waals surface area contributed by atoms with E-state index in [-0.39, 0.29) is 12.1 Å². The van der Waals surface area contributed by atoms with Crippen LogP contribution in [0.1, 0.15) is 18.4 Å². The Morgan fingerprint density at radius 1 is 1.48 bits per heavy atom. The fraction of sp³-hybridized carbons (Fsp3) is 0.412. The number of likely N-dealkylation sites (tertiary alicyclic amines) is 1. The van der Waals surface area contributed by atoms with E-state index in [2.05, 4.69) is 29.5 Å². The molecular weight excluding hydrogens is 308 g/mol. The Bertz CT molecular complexity index is 671. The minimum Gasteiger partial charge on any atom is -0.335 e. The quantitative estimate of drug-likeness (QED) is 0.871. The smallest absolute Gasteiger partial charge is 0.322 e. The molecule has 5 nitrogen and oxygen atoms in total. The average Bonchev–Trinajstić information content (AvgIpc) is 3.21. The molecule has 2 heterocycles. The highest BCUT2D eigenvalue weighted by molar-refractivity contribution is 7.98. The Morgan fingerprint density at radius 2 is 2.35 bits per heavy atom. The molecule has 1 aromatic carbocycles. The van der Waals surface area contributed by atoms with Crippen LogP contribution in [0.15, 0.2) is 41.8 Å². The number of rotatable bonds is 4. The summed E-state index contributed by atoms with van der Waals surface area (Å²) in [4.78, 5) is 19.9. The molecule has 0 spiro atoms. The molecule has 1 N–H and O–H groups in total. The third kappa shape index (κ3) is 3.52. The predicted octanol–water partition coefficient (Wildman–Crippen LogP) is 3.61. The molecule has 2 aromatic rings. The maximum atomic E-state index is 12.7. The molecule has 0 radical (unpaired) electrons. The molecule has 2 amide bonds. The molecule has 0 saturated carbocycles. The summed E-state index contributed by atoms with van der Waals surface area (Å²) >= 11 is 1.70. The lowest BCUT2D eigenvalue weighted by Crippen LogP contribution is -2.40. The number of carbonyl (C=O) groups excluding carboxylic acids is 1. The summed E-state index contributed by atoms with van der Waals surface area (Å²) < 4.78 is 2.04. The highest BCUT2D eigenvalue weighted by Gasteiger charge is 2.29. The number of thioether (sulfide) groups is 1. The molecule has 1 aliphatic heterocycles. The first-order valence-corrected chi connectivity index (χ1v) is 9.08. The summed E-state index contributed by atoms with van der Waals surface area (Å²) in [5.41, 5.74) is 2.02. The van der Waals surface area contributed by atoms with Gasteiger partial charge in [-0.1, -0.05) is 6.07 Å². The molecule has 0 unspecified atom stereocenters. The zero-order valence-electron chi connectivity index (χ0n) is 13.5. The van der Waals surface area contributed by atoms with Crippen molar-refractivity contribution in [2.45, 2.75) is 37.2 Å². The molecule has 0 aliphatic carbocycles. The summed E-state index contributed by atoms with van der Waals surface area (Å²) in [7, 11) is 0. The van der Waals surface area contributed by atoms with Crippen LogP contribution in [0, 0.1) is 6.92 Å². The first-order valence-electron chi connectivity index (χ1n) is 7.86. The van der Waals surface area contributed by atoms with Gasteiger partial charge < -0.3 is 14.8 Å². The van der Waals surface area contributed by atoms with E-state index in [1.807, 2.05) is 27.8 Å². The summed E-state index contributed by atoms with van der Waals surface area (Å²) in [5, 5.41) is 3.09. The van der Waals surface area contributed by atoms with Crippen molar-refractivity contribution in [2.75, 3.05) is 18.1 Å². The zero-order chi connectivity index (χ0) is 16.2. The summed E-state index contributed by atoms with van der Waals surface area (Å²) in [6.07, 6.45) is 9.67. The van der Waals surface area contributed by atoms with Gasteiger partial charge in [-0.25, -0.2) is 9.78 Å².